The van der Waals surface area contributed by atoms with E-state index in [4.69, 9.17) is 4.52 Å². The number of hydrogen-bond acceptors (Lipinski definition) is 6. The molecule has 1 atom stereocenters. The predicted octanol–water partition coefficient (Wildman–Crippen LogP) is 0.845. The molecular formula is C17H28N4O3. The third-order valence-electron chi connectivity index (χ3n) is 5.16. The summed E-state index contributed by atoms with van der Waals surface area (Å²) in [5.41, 5.74) is 0.349. The molecule has 1 amide bonds. The van der Waals surface area contributed by atoms with Gasteiger partial charge in [0.25, 0.3) is 5.91 Å². The number of nitrogens with one attached hydrogen (secondary N) is 1. The zero-order valence-electron chi connectivity index (χ0n) is 14.4. The van der Waals surface area contributed by atoms with Crippen LogP contribution in [0.3, 0.4) is 0 Å². The summed E-state index contributed by atoms with van der Waals surface area (Å²) in [6.45, 7) is 4.15. The molecule has 1 unspecified atom stereocenters. The molecule has 2 N–H and O–H groups in total. The lowest BCUT2D eigenvalue weighted by Crippen LogP contribution is -2.35. The number of rotatable bonds is 6. The highest BCUT2D eigenvalue weighted by molar-refractivity contribution is 5.92. The van der Waals surface area contributed by atoms with Crippen molar-refractivity contribution in [3.63, 3.8) is 0 Å². The van der Waals surface area contributed by atoms with Gasteiger partial charge >= 0.3 is 0 Å². The van der Waals surface area contributed by atoms with Crippen LogP contribution in [-0.2, 0) is 6.54 Å². The van der Waals surface area contributed by atoms with E-state index in [1.165, 1.54) is 12.8 Å². The van der Waals surface area contributed by atoms with Gasteiger partial charge in [-0.1, -0.05) is 5.16 Å². The lowest BCUT2D eigenvalue weighted by Gasteiger charge is -2.28. The number of carbonyl (C=O) groups excluding carboxylic acids is 1. The first-order valence-corrected chi connectivity index (χ1v) is 8.96. The summed E-state index contributed by atoms with van der Waals surface area (Å²) >= 11 is 0. The first-order valence-electron chi connectivity index (χ1n) is 8.96. The summed E-state index contributed by atoms with van der Waals surface area (Å²) in [6, 6.07) is 2.30. The van der Waals surface area contributed by atoms with E-state index in [0.717, 1.165) is 38.9 Å². The summed E-state index contributed by atoms with van der Waals surface area (Å²) in [7, 11) is 2.14. The highest BCUT2D eigenvalue weighted by atomic mass is 16.5. The van der Waals surface area contributed by atoms with Crippen molar-refractivity contribution in [3.05, 3.63) is 17.5 Å². The molecule has 134 valence electrons. The van der Waals surface area contributed by atoms with Crippen molar-refractivity contribution < 1.29 is 14.4 Å². The van der Waals surface area contributed by atoms with Gasteiger partial charge in [0.05, 0.1) is 12.6 Å². The monoisotopic (exact) mass is 336 g/mol. The number of aliphatic hydroxyl groups excluding tert-OH is 1. The second kappa shape index (κ2) is 8.09. The topological polar surface area (TPSA) is 81.8 Å². The van der Waals surface area contributed by atoms with E-state index in [0.29, 0.717) is 30.6 Å². The number of carbonyl (C=O) groups is 1. The minimum absolute atomic E-state index is 0.167. The van der Waals surface area contributed by atoms with E-state index in [2.05, 4.69) is 27.3 Å². The van der Waals surface area contributed by atoms with Crippen LogP contribution in [0.2, 0.25) is 0 Å². The van der Waals surface area contributed by atoms with Crippen LogP contribution < -0.4 is 5.32 Å². The quantitative estimate of drug-likeness (QED) is 0.801. The average molecular weight is 336 g/mol. The first-order chi connectivity index (χ1) is 11.6. The van der Waals surface area contributed by atoms with Gasteiger partial charge in [0, 0.05) is 31.7 Å². The van der Waals surface area contributed by atoms with Gasteiger partial charge in [0.15, 0.2) is 11.5 Å². The Morgan fingerprint density at radius 2 is 2.17 bits per heavy atom. The van der Waals surface area contributed by atoms with E-state index in [-0.39, 0.29) is 12.0 Å². The number of piperidine rings is 1. The van der Waals surface area contributed by atoms with E-state index < -0.39 is 0 Å². The average Bonchev–Trinajstić information content (AvgIpc) is 3.19. The summed E-state index contributed by atoms with van der Waals surface area (Å²) in [5.74, 6) is 0.534. The number of hydrogen-bond donors (Lipinski definition) is 2. The molecule has 24 heavy (non-hydrogen) atoms. The van der Waals surface area contributed by atoms with Gasteiger partial charge in [-0.2, -0.15) is 0 Å². The lowest BCUT2D eigenvalue weighted by atomic mass is 10.1. The summed E-state index contributed by atoms with van der Waals surface area (Å²) in [4.78, 5) is 16.7. The van der Waals surface area contributed by atoms with Gasteiger partial charge in [-0.3, -0.25) is 9.69 Å². The molecule has 1 aromatic heterocycles. The van der Waals surface area contributed by atoms with Crippen molar-refractivity contribution in [2.24, 2.45) is 0 Å². The zero-order valence-corrected chi connectivity index (χ0v) is 14.4. The molecule has 0 bridgehead atoms. The fourth-order valence-corrected chi connectivity index (χ4v) is 3.58. The molecule has 3 rings (SSSR count). The Morgan fingerprint density at radius 1 is 1.38 bits per heavy atom. The molecule has 1 aromatic rings. The van der Waals surface area contributed by atoms with Crippen molar-refractivity contribution in [2.75, 3.05) is 33.2 Å². The molecule has 2 saturated heterocycles. The molecule has 2 fully saturated rings. The Bertz CT molecular complexity index is 540. The zero-order chi connectivity index (χ0) is 16.9. The maximum Gasteiger partial charge on any atom is 0.273 e. The number of amides is 1. The largest absolute Gasteiger partial charge is 0.393 e. The van der Waals surface area contributed by atoms with Crippen LogP contribution in [-0.4, -0.2) is 71.3 Å². The van der Waals surface area contributed by atoms with E-state index in [1.807, 2.05) is 0 Å². The molecule has 0 aromatic carbocycles. The van der Waals surface area contributed by atoms with E-state index >= 15 is 0 Å². The fraction of sp³-hybridized carbons (Fsp3) is 0.765. The molecule has 2 aliphatic rings. The Kier molecular flexibility index (Phi) is 5.86. The molecule has 0 radical (unpaired) electrons. The van der Waals surface area contributed by atoms with Gasteiger partial charge < -0.3 is 19.8 Å². The van der Waals surface area contributed by atoms with Crippen LogP contribution in [0.1, 0.15) is 48.4 Å². The van der Waals surface area contributed by atoms with Gasteiger partial charge in [0.2, 0.25) is 0 Å². The highest BCUT2D eigenvalue weighted by Crippen LogP contribution is 2.17. The second-order valence-electron chi connectivity index (χ2n) is 7.01. The maximum absolute atomic E-state index is 12.2. The normalized spacial score (nSPS) is 23.7. The maximum atomic E-state index is 12.2. The van der Waals surface area contributed by atoms with Gasteiger partial charge in [-0.15, -0.1) is 0 Å². The van der Waals surface area contributed by atoms with Gasteiger partial charge in [0.1, 0.15) is 0 Å². The van der Waals surface area contributed by atoms with Gasteiger partial charge in [-0.25, -0.2) is 0 Å². The molecule has 0 saturated carbocycles. The van der Waals surface area contributed by atoms with Crippen LogP contribution >= 0.6 is 0 Å². The van der Waals surface area contributed by atoms with Crippen molar-refractivity contribution in [1.29, 1.82) is 0 Å². The summed E-state index contributed by atoms with van der Waals surface area (Å²) < 4.78 is 5.29. The second-order valence-corrected chi connectivity index (χ2v) is 7.01. The molecule has 3 heterocycles. The van der Waals surface area contributed by atoms with Crippen molar-refractivity contribution in [3.8, 4) is 0 Å². The van der Waals surface area contributed by atoms with Crippen LogP contribution in [0.5, 0.6) is 0 Å². The van der Waals surface area contributed by atoms with Crippen LogP contribution in [0.15, 0.2) is 10.6 Å². The molecule has 7 heteroatoms. The number of nitrogens with zero attached hydrogens (tertiary/aromatic N) is 3. The smallest absolute Gasteiger partial charge is 0.273 e. The summed E-state index contributed by atoms with van der Waals surface area (Å²) in [6.07, 6.45) is 4.83. The first kappa shape index (κ1) is 17.4. The standard InChI is InChI=1S/C17H28N4O3/c1-20-8-2-3-13(20)4-7-18-17(23)16-11-15(24-19-16)12-21-9-5-14(22)6-10-21/h11,13-14,22H,2-10,12H2,1H3,(H,18,23). The molecule has 7 nitrogen and oxygen atoms in total. The van der Waals surface area contributed by atoms with E-state index in [9.17, 15) is 9.90 Å². The fourth-order valence-electron chi connectivity index (χ4n) is 3.58. The minimum Gasteiger partial charge on any atom is -0.393 e. The van der Waals surface area contributed by atoms with Crippen molar-refractivity contribution >= 4 is 5.91 Å². The molecule has 2 aliphatic heterocycles. The van der Waals surface area contributed by atoms with E-state index in [1.54, 1.807) is 6.07 Å². The molecule has 0 spiro atoms. The number of aliphatic hydroxyl groups is 1. The summed E-state index contributed by atoms with van der Waals surface area (Å²) in [5, 5.41) is 16.4. The van der Waals surface area contributed by atoms with Crippen molar-refractivity contribution in [2.45, 2.75) is 50.8 Å². The van der Waals surface area contributed by atoms with Crippen LogP contribution in [0.4, 0.5) is 0 Å². The van der Waals surface area contributed by atoms with Crippen molar-refractivity contribution in [1.82, 2.24) is 20.3 Å². The third kappa shape index (κ3) is 4.55. The number of aromatic nitrogens is 1. The minimum atomic E-state index is -0.184. The Balaban J connectivity index is 1.41. The van der Waals surface area contributed by atoms with Crippen LogP contribution in [0, 0.1) is 0 Å². The lowest BCUT2D eigenvalue weighted by molar-refractivity contribution is 0.0748. The Labute approximate surface area is 143 Å². The highest BCUT2D eigenvalue weighted by Gasteiger charge is 2.22. The third-order valence-corrected chi connectivity index (χ3v) is 5.16. The predicted molar refractivity (Wildman–Crippen MR) is 89.6 cm³/mol. The van der Waals surface area contributed by atoms with Crippen LogP contribution in [0.25, 0.3) is 0 Å². The Hall–Kier alpha value is -1.44. The van der Waals surface area contributed by atoms with Gasteiger partial charge in [-0.05, 0) is 45.7 Å². The number of likely N-dealkylation sites (tertiary alicyclic amines) is 2. The molecular weight excluding hydrogens is 308 g/mol. The Morgan fingerprint density at radius 3 is 2.88 bits per heavy atom. The molecule has 0 aliphatic carbocycles. The SMILES string of the molecule is CN1CCCC1CCNC(=O)c1cc(CN2CCC(O)CC2)on1.